The number of fused-ring (bicyclic) bond motifs is 1. The Hall–Kier alpha value is -3.61. The zero-order chi connectivity index (χ0) is 19.0. The first kappa shape index (κ1) is 16.8. The minimum Gasteiger partial charge on any atom is -0.306 e. The molecule has 0 bridgehead atoms. The number of pyridine rings is 1. The number of hydrogen-bond acceptors (Lipinski definition) is 2. The van der Waals surface area contributed by atoms with E-state index in [4.69, 9.17) is 0 Å². The van der Waals surface area contributed by atoms with Gasteiger partial charge in [0.25, 0.3) is 5.91 Å². The van der Waals surface area contributed by atoms with Crippen LogP contribution in [0.5, 0.6) is 0 Å². The molecule has 0 aliphatic heterocycles. The van der Waals surface area contributed by atoms with Crippen molar-refractivity contribution in [3.63, 3.8) is 0 Å². The second kappa shape index (κ2) is 6.60. The fraction of sp³-hybridized carbons (Fsp3) is 0. The summed E-state index contributed by atoms with van der Waals surface area (Å²) < 4.78 is 42.5. The van der Waals surface area contributed by atoms with E-state index in [9.17, 15) is 18.0 Å². The highest BCUT2D eigenvalue weighted by Crippen LogP contribution is 2.30. The number of carbonyl (C=O) groups excluding carboxylic acids is 1. The Morgan fingerprint density at radius 3 is 2.44 bits per heavy atom. The van der Waals surface area contributed by atoms with Crippen molar-refractivity contribution in [3.8, 4) is 11.3 Å². The molecule has 4 aromatic rings. The third kappa shape index (κ3) is 3.03. The number of nitrogens with one attached hydrogen (secondary N) is 1. The van der Waals surface area contributed by atoms with E-state index in [0.29, 0.717) is 5.65 Å². The van der Waals surface area contributed by atoms with Crippen LogP contribution in [0.15, 0.2) is 66.9 Å². The molecule has 4 rings (SSSR count). The Kier molecular flexibility index (Phi) is 4.12. The normalized spacial score (nSPS) is 10.9. The van der Waals surface area contributed by atoms with E-state index in [1.807, 2.05) is 0 Å². The number of aromatic nitrogens is 2. The lowest BCUT2D eigenvalue weighted by Crippen LogP contribution is -2.15. The Balaban J connectivity index is 1.85. The number of imidazole rings is 1. The van der Waals surface area contributed by atoms with Gasteiger partial charge in [0.05, 0.1) is 5.56 Å². The minimum absolute atomic E-state index is 0.139. The highest BCUT2D eigenvalue weighted by Gasteiger charge is 2.19. The Labute approximate surface area is 151 Å². The lowest BCUT2D eigenvalue weighted by Gasteiger charge is -2.09. The molecule has 0 saturated heterocycles. The third-order valence-electron chi connectivity index (χ3n) is 4.07. The predicted molar refractivity (Wildman–Crippen MR) is 94.9 cm³/mol. The van der Waals surface area contributed by atoms with E-state index in [0.717, 1.165) is 12.1 Å². The van der Waals surface area contributed by atoms with Crippen LogP contribution in [0.2, 0.25) is 0 Å². The van der Waals surface area contributed by atoms with E-state index < -0.39 is 23.4 Å². The van der Waals surface area contributed by atoms with Gasteiger partial charge in [0.1, 0.15) is 23.0 Å². The number of hydrogen-bond donors (Lipinski definition) is 1. The van der Waals surface area contributed by atoms with Gasteiger partial charge in [0, 0.05) is 11.8 Å². The zero-order valence-corrected chi connectivity index (χ0v) is 13.8. The summed E-state index contributed by atoms with van der Waals surface area (Å²) in [6.45, 7) is 0. The lowest BCUT2D eigenvalue weighted by molar-refractivity contribution is 0.102. The van der Waals surface area contributed by atoms with Gasteiger partial charge in [0.2, 0.25) is 0 Å². The van der Waals surface area contributed by atoms with Gasteiger partial charge in [-0.1, -0.05) is 18.2 Å². The molecule has 1 amide bonds. The van der Waals surface area contributed by atoms with Crippen molar-refractivity contribution in [1.82, 2.24) is 9.38 Å². The molecule has 27 heavy (non-hydrogen) atoms. The molecule has 0 atom stereocenters. The van der Waals surface area contributed by atoms with Crippen LogP contribution in [0.1, 0.15) is 10.4 Å². The monoisotopic (exact) mass is 367 g/mol. The summed E-state index contributed by atoms with van der Waals surface area (Å²) in [6.07, 6.45) is 1.66. The molecule has 0 saturated carbocycles. The van der Waals surface area contributed by atoms with Crippen LogP contribution in [0, 0.1) is 17.5 Å². The number of amides is 1. The van der Waals surface area contributed by atoms with Gasteiger partial charge in [-0.05, 0) is 42.5 Å². The molecule has 0 unspecified atom stereocenters. The number of carbonyl (C=O) groups is 1. The average Bonchev–Trinajstić information content (AvgIpc) is 3.03. The smallest absolute Gasteiger partial charge is 0.259 e. The first-order valence-corrected chi connectivity index (χ1v) is 8.03. The molecule has 2 aromatic carbocycles. The lowest BCUT2D eigenvalue weighted by atomic mass is 10.1. The number of halogens is 3. The highest BCUT2D eigenvalue weighted by molar-refractivity contribution is 6.06. The number of nitrogens with zero attached hydrogens (tertiary/aromatic N) is 2. The maximum atomic E-state index is 13.9. The van der Waals surface area contributed by atoms with Crippen LogP contribution in [0.4, 0.5) is 19.0 Å². The maximum Gasteiger partial charge on any atom is 0.259 e. The van der Waals surface area contributed by atoms with E-state index in [1.165, 1.54) is 24.3 Å². The molecule has 0 radical (unpaired) electrons. The quantitative estimate of drug-likeness (QED) is 0.572. The van der Waals surface area contributed by atoms with Crippen molar-refractivity contribution in [2.75, 3.05) is 5.32 Å². The molecular formula is C20H12F3N3O. The van der Waals surface area contributed by atoms with Crippen molar-refractivity contribution in [2.45, 2.75) is 0 Å². The molecule has 2 heterocycles. The Bertz CT molecular complexity index is 1170. The molecule has 7 heteroatoms. The van der Waals surface area contributed by atoms with Gasteiger partial charge in [-0.25, -0.2) is 18.2 Å². The summed E-state index contributed by atoms with van der Waals surface area (Å²) in [6, 6.07) is 14.1. The molecule has 134 valence electrons. The summed E-state index contributed by atoms with van der Waals surface area (Å²) in [4.78, 5) is 16.9. The first-order valence-electron chi connectivity index (χ1n) is 8.03. The van der Waals surface area contributed by atoms with Gasteiger partial charge >= 0.3 is 0 Å². The van der Waals surface area contributed by atoms with Crippen molar-refractivity contribution in [1.29, 1.82) is 0 Å². The molecule has 0 fully saturated rings. The average molecular weight is 367 g/mol. The number of rotatable bonds is 3. The van der Waals surface area contributed by atoms with Crippen LogP contribution < -0.4 is 5.32 Å². The van der Waals surface area contributed by atoms with Crippen molar-refractivity contribution in [2.24, 2.45) is 0 Å². The SMILES string of the molecule is O=C(Nc1c(-c2ccc(F)c(F)c2)nc2ccccn12)c1ccccc1F. The first-order chi connectivity index (χ1) is 13.0. The van der Waals surface area contributed by atoms with Crippen LogP contribution in [-0.4, -0.2) is 15.3 Å². The fourth-order valence-corrected chi connectivity index (χ4v) is 2.78. The summed E-state index contributed by atoms with van der Waals surface area (Å²) in [5, 5.41) is 2.63. The molecule has 0 spiro atoms. The van der Waals surface area contributed by atoms with Crippen LogP contribution in [0.3, 0.4) is 0 Å². The third-order valence-corrected chi connectivity index (χ3v) is 4.07. The summed E-state index contributed by atoms with van der Waals surface area (Å²) >= 11 is 0. The van der Waals surface area contributed by atoms with Crippen molar-refractivity contribution < 1.29 is 18.0 Å². The van der Waals surface area contributed by atoms with Crippen molar-refractivity contribution in [3.05, 3.63) is 89.9 Å². The van der Waals surface area contributed by atoms with Gasteiger partial charge < -0.3 is 5.32 Å². The number of benzene rings is 2. The van der Waals surface area contributed by atoms with E-state index in [1.54, 1.807) is 34.9 Å². The maximum absolute atomic E-state index is 13.9. The van der Waals surface area contributed by atoms with E-state index in [2.05, 4.69) is 10.3 Å². The van der Waals surface area contributed by atoms with Crippen LogP contribution in [0.25, 0.3) is 16.9 Å². The van der Waals surface area contributed by atoms with E-state index >= 15 is 0 Å². The largest absolute Gasteiger partial charge is 0.306 e. The van der Waals surface area contributed by atoms with Gasteiger partial charge in [-0.3, -0.25) is 9.20 Å². The van der Waals surface area contributed by atoms with Crippen molar-refractivity contribution >= 4 is 17.4 Å². The summed E-state index contributed by atoms with van der Waals surface area (Å²) in [5.74, 6) is -3.14. The van der Waals surface area contributed by atoms with Gasteiger partial charge in [-0.15, -0.1) is 0 Å². The second-order valence-electron chi connectivity index (χ2n) is 5.80. The van der Waals surface area contributed by atoms with Crippen LogP contribution >= 0.6 is 0 Å². The fourth-order valence-electron chi connectivity index (χ4n) is 2.78. The minimum atomic E-state index is -1.03. The molecule has 2 aromatic heterocycles. The topological polar surface area (TPSA) is 46.4 Å². The number of anilines is 1. The molecule has 0 aliphatic carbocycles. The molecular weight excluding hydrogens is 355 g/mol. The molecule has 4 nitrogen and oxygen atoms in total. The Morgan fingerprint density at radius 2 is 1.67 bits per heavy atom. The summed E-state index contributed by atoms with van der Waals surface area (Å²) in [5.41, 5.74) is 0.868. The molecule has 1 N–H and O–H groups in total. The van der Waals surface area contributed by atoms with Crippen LogP contribution in [-0.2, 0) is 0 Å². The van der Waals surface area contributed by atoms with Gasteiger partial charge in [-0.2, -0.15) is 0 Å². The Morgan fingerprint density at radius 1 is 0.889 bits per heavy atom. The highest BCUT2D eigenvalue weighted by atomic mass is 19.2. The van der Waals surface area contributed by atoms with Gasteiger partial charge in [0.15, 0.2) is 11.6 Å². The predicted octanol–water partition coefficient (Wildman–Crippen LogP) is 4.67. The molecule has 0 aliphatic rings. The van der Waals surface area contributed by atoms with E-state index in [-0.39, 0.29) is 22.6 Å². The zero-order valence-electron chi connectivity index (χ0n) is 13.8. The summed E-state index contributed by atoms with van der Waals surface area (Å²) in [7, 11) is 0. The second-order valence-corrected chi connectivity index (χ2v) is 5.80. The standard InChI is InChI=1S/C20H12F3N3O/c21-14-6-2-1-5-13(14)20(27)25-19-18(12-8-9-15(22)16(23)11-12)24-17-7-3-4-10-26(17)19/h1-11H,(H,25,27).